The molecule has 1 heterocycles. The van der Waals surface area contributed by atoms with Crippen LogP contribution >= 0.6 is 0 Å². The number of methoxy groups -OCH3 is 1. The molecule has 17 heavy (non-hydrogen) atoms. The number of para-hydroxylation sites is 1. The maximum Gasteiger partial charge on any atom is 0.144 e. The fraction of sp³-hybridized carbons (Fsp3) is 0.214. The molecule has 0 aliphatic heterocycles. The average molecular weight is 230 g/mol. The van der Waals surface area contributed by atoms with Crippen LogP contribution in [0.1, 0.15) is 11.3 Å². The van der Waals surface area contributed by atoms with Crippen molar-refractivity contribution in [1.82, 2.24) is 0 Å². The van der Waals surface area contributed by atoms with Gasteiger partial charge in [0.1, 0.15) is 17.3 Å². The predicted octanol–water partition coefficient (Wildman–Crippen LogP) is 2.64. The lowest BCUT2D eigenvalue weighted by molar-refractivity contribution is -0.118. The summed E-state index contributed by atoms with van der Waals surface area (Å²) in [6.07, 6.45) is 2.27. The SMILES string of the molecule is COc1ccccc1CC(=O)Cc1ccco1. The fourth-order valence-electron chi connectivity index (χ4n) is 1.73. The summed E-state index contributed by atoms with van der Waals surface area (Å²) in [7, 11) is 1.61. The van der Waals surface area contributed by atoms with E-state index >= 15 is 0 Å². The van der Waals surface area contributed by atoms with Gasteiger partial charge in [-0.1, -0.05) is 18.2 Å². The Labute approximate surface area is 100 Å². The van der Waals surface area contributed by atoms with Crippen LogP contribution in [0, 0.1) is 0 Å². The number of hydrogen-bond donors (Lipinski definition) is 0. The lowest BCUT2D eigenvalue weighted by atomic mass is 10.1. The van der Waals surface area contributed by atoms with E-state index < -0.39 is 0 Å². The van der Waals surface area contributed by atoms with E-state index in [0.717, 1.165) is 11.3 Å². The summed E-state index contributed by atoms with van der Waals surface area (Å²) in [4.78, 5) is 11.8. The first-order valence-electron chi connectivity index (χ1n) is 5.45. The van der Waals surface area contributed by atoms with E-state index in [0.29, 0.717) is 18.6 Å². The van der Waals surface area contributed by atoms with Crippen molar-refractivity contribution >= 4 is 5.78 Å². The molecule has 0 fully saturated rings. The monoisotopic (exact) mass is 230 g/mol. The van der Waals surface area contributed by atoms with Crippen LogP contribution in [0.15, 0.2) is 47.1 Å². The van der Waals surface area contributed by atoms with Gasteiger partial charge >= 0.3 is 0 Å². The van der Waals surface area contributed by atoms with Gasteiger partial charge < -0.3 is 9.15 Å². The highest BCUT2D eigenvalue weighted by Crippen LogP contribution is 2.18. The van der Waals surface area contributed by atoms with Crippen LogP contribution in [0.25, 0.3) is 0 Å². The average Bonchev–Trinajstić information content (AvgIpc) is 2.82. The number of rotatable bonds is 5. The van der Waals surface area contributed by atoms with Gasteiger partial charge in [-0.2, -0.15) is 0 Å². The zero-order valence-electron chi connectivity index (χ0n) is 9.68. The van der Waals surface area contributed by atoms with Gasteiger partial charge in [0.15, 0.2) is 0 Å². The van der Waals surface area contributed by atoms with Crippen LogP contribution in [0.2, 0.25) is 0 Å². The third kappa shape index (κ3) is 2.97. The standard InChI is InChI=1S/C14H14O3/c1-16-14-7-3-2-5-11(14)9-12(15)10-13-6-4-8-17-13/h2-8H,9-10H2,1H3. The maximum atomic E-state index is 11.8. The minimum atomic E-state index is 0.115. The van der Waals surface area contributed by atoms with Gasteiger partial charge in [0.2, 0.25) is 0 Å². The Morgan fingerprint density at radius 3 is 2.71 bits per heavy atom. The molecule has 0 N–H and O–H groups in total. The molecule has 0 atom stereocenters. The van der Waals surface area contributed by atoms with E-state index in [1.54, 1.807) is 25.5 Å². The summed E-state index contributed by atoms with van der Waals surface area (Å²) in [6, 6.07) is 11.1. The first kappa shape index (κ1) is 11.5. The number of Topliss-reactive ketones (excluding diaryl/α,β-unsaturated/α-hetero) is 1. The zero-order chi connectivity index (χ0) is 12.1. The van der Waals surface area contributed by atoms with E-state index in [9.17, 15) is 4.79 Å². The van der Waals surface area contributed by atoms with Crippen molar-refractivity contribution in [1.29, 1.82) is 0 Å². The van der Waals surface area contributed by atoms with Gasteiger partial charge in [-0.05, 0) is 18.2 Å². The number of carbonyl (C=O) groups excluding carboxylic acids is 1. The molecule has 0 bridgehead atoms. The van der Waals surface area contributed by atoms with Crippen molar-refractivity contribution in [3.05, 3.63) is 54.0 Å². The molecule has 0 amide bonds. The molecule has 88 valence electrons. The summed E-state index contributed by atoms with van der Waals surface area (Å²) < 4.78 is 10.4. The fourth-order valence-corrected chi connectivity index (χ4v) is 1.73. The number of ether oxygens (including phenoxy) is 1. The van der Waals surface area contributed by atoms with Crippen molar-refractivity contribution in [3.8, 4) is 5.75 Å². The summed E-state index contributed by atoms with van der Waals surface area (Å²) >= 11 is 0. The van der Waals surface area contributed by atoms with Crippen LogP contribution in [0.4, 0.5) is 0 Å². The molecule has 0 saturated heterocycles. The van der Waals surface area contributed by atoms with E-state index in [4.69, 9.17) is 9.15 Å². The highest BCUT2D eigenvalue weighted by molar-refractivity contribution is 5.83. The summed E-state index contributed by atoms with van der Waals surface area (Å²) in [5, 5.41) is 0. The van der Waals surface area contributed by atoms with Gasteiger partial charge in [0, 0.05) is 12.0 Å². The summed E-state index contributed by atoms with van der Waals surface area (Å²) in [5.74, 6) is 1.56. The Balaban J connectivity index is 2.03. The number of benzene rings is 1. The highest BCUT2D eigenvalue weighted by atomic mass is 16.5. The molecule has 3 heteroatoms. The molecule has 0 aliphatic rings. The van der Waals surface area contributed by atoms with Gasteiger partial charge in [-0.25, -0.2) is 0 Å². The molecule has 1 aromatic carbocycles. The third-order valence-corrected chi connectivity index (χ3v) is 2.53. The Morgan fingerprint density at radius 2 is 2.00 bits per heavy atom. The minimum Gasteiger partial charge on any atom is -0.496 e. The third-order valence-electron chi connectivity index (χ3n) is 2.53. The van der Waals surface area contributed by atoms with Crippen LogP contribution in [0.5, 0.6) is 5.75 Å². The molecular weight excluding hydrogens is 216 g/mol. The summed E-state index contributed by atoms with van der Waals surface area (Å²) in [6.45, 7) is 0. The first-order chi connectivity index (χ1) is 8.29. The molecule has 0 unspecified atom stereocenters. The van der Waals surface area contributed by atoms with Crippen molar-refractivity contribution in [2.24, 2.45) is 0 Å². The molecule has 1 aromatic heterocycles. The Bertz CT molecular complexity index is 486. The molecule has 0 aliphatic carbocycles. The van der Waals surface area contributed by atoms with Crippen molar-refractivity contribution in [2.45, 2.75) is 12.8 Å². The molecule has 0 spiro atoms. The van der Waals surface area contributed by atoms with Crippen molar-refractivity contribution in [3.63, 3.8) is 0 Å². The van der Waals surface area contributed by atoms with E-state index in [1.165, 1.54) is 0 Å². The van der Waals surface area contributed by atoms with Crippen molar-refractivity contribution in [2.75, 3.05) is 7.11 Å². The number of carbonyl (C=O) groups is 1. The topological polar surface area (TPSA) is 39.4 Å². The second kappa shape index (κ2) is 5.34. The van der Waals surface area contributed by atoms with Crippen LogP contribution in [-0.4, -0.2) is 12.9 Å². The molecule has 0 saturated carbocycles. The summed E-state index contributed by atoms with van der Waals surface area (Å²) in [5.41, 5.74) is 0.909. The lowest BCUT2D eigenvalue weighted by Gasteiger charge is -2.06. The van der Waals surface area contributed by atoms with Gasteiger partial charge in [0.05, 0.1) is 19.8 Å². The molecule has 2 aromatic rings. The number of hydrogen-bond acceptors (Lipinski definition) is 3. The maximum absolute atomic E-state index is 11.8. The Hall–Kier alpha value is -2.03. The highest BCUT2D eigenvalue weighted by Gasteiger charge is 2.10. The normalized spacial score (nSPS) is 10.2. The van der Waals surface area contributed by atoms with Crippen LogP contribution in [0.3, 0.4) is 0 Å². The van der Waals surface area contributed by atoms with Crippen LogP contribution in [-0.2, 0) is 17.6 Å². The minimum absolute atomic E-state index is 0.115. The molecule has 3 nitrogen and oxygen atoms in total. The molecular formula is C14H14O3. The van der Waals surface area contributed by atoms with Gasteiger partial charge in [-0.3, -0.25) is 4.79 Å². The lowest BCUT2D eigenvalue weighted by Crippen LogP contribution is -2.07. The van der Waals surface area contributed by atoms with Gasteiger partial charge in [0.25, 0.3) is 0 Å². The number of furan rings is 1. The van der Waals surface area contributed by atoms with E-state index in [1.807, 2.05) is 24.3 Å². The second-order valence-electron chi connectivity index (χ2n) is 3.78. The zero-order valence-corrected chi connectivity index (χ0v) is 9.68. The quantitative estimate of drug-likeness (QED) is 0.792. The predicted molar refractivity (Wildman–Crippen MR) is 64.1 cm³/mol. The Kier molecular flexibility index (Phi) is 3.60. The first-order valence-corrected chi connectivity index (χ1v) is 5.45. The Morgan fingerprint density at radius 1 is 1.18 bits per heavy atom. The van der Waals surface area contributed by atoms with E-state index in [2.05, 4.69) is 0 Å². The second-order valence-corrected chi connectivity index (χ2v) is 3.78. The molecule has 0 radical (unpaired) electrons. The van der Waals surface area contributed by atoms with Crippen LogP contribution < -0.4 is 4.74 Å². The van der Waals surface area contributed by atoms with Gasteiger partial charge in [-0.15, -0.1) is 0 Å². The van der Waals surface area contributed by atoms with Crippen molar-refractivity contribution < 1.29 is 13.9 Å². The number of ketones is 1. The van der Waals surface area contributed by atoms with E-state index in [-0.39, 0.29) is 5.78 Å². The smallest absolute Gasteiger partial charge is 0.144 e. The molecule has 2 rings (SSSR count). The largest absolute Gasteiger partial charge is 0.496 e.